The summed E-state index contributed by atoms with van der Waals surface area (Å²) in [5.41, 5.74) is -4.85. The summed E-state index contributed by atoms with van der Waals surface area (Å²) in [6.07, 6.45) is 1.96. The van der Waals surface area contributed by atoms with Crippen molar-refractivity contribution in [3.63, 3.8) is 0 Å². The number of rotatable bonds is 8. The molecule has 4 aliphatic rings. The average molecular weight is 609 g/mol. The van der Waals surface area contributed by atoms with Crippen molar-refractivity contribution in [1.29, 1.82) is 0 Å². The molecule has 2 aliphatic heterocycles. The van der Waals surface area contributed by atoms with Crippen molar-refractivity contribution in [1.82, 2.24) is 9.80 Å². The maximum Gasteiger partial charge on any atom is 0.395 e. The normalized spacial score (nSPS) is 29.6. The van der Waals surface area contributed by atoms with Crippen LogP contribution in [0.1, 0.15) is 57.4 Å². The third kappa shape index (κ3) is 5.94. The van der Waals surface area contributed by atoms with Gasteiger partial charge in [-0.2, -0.15) is 13.2 Å². The number of nitrogens with zero attached hydrogens (tertiary/aromatic N) is 2. The molecule has 0 radical (unpaired) electrons. The third-order valence-electron chi connectivity index (χ3n) is 9.85. The van der Waals surface area contributed by atoms with Crippen LogP contribution >= 0.6 is 0 Å². The van der Waals surface area contributed by atoms with Crippen LogP contribution in [0.2, 0.25) is 0 Å². The highest BCUT2D eigenvalue weighted by Gasteiger charge is 2.59. The van der Waals surface area contributed by atoms with Gasteiger partial charge in [0.25, 0.3) is 5.91 Å². The third-order valence-corrected chi connectivity index (χ3v) is 9.85. The molecule has 7 nitrogen and oxygen atoms in total. The quantitative estimate of drug-likeness (QED) is 0.328. The molecule has 2 heterocycles. The first-order chi connectivity index (χ1) is 20.3. The fourth-order valence-corrected chi connectivity index (χ4v) is 6.96. The van der Waals surface area contributed by atoms with Crippen LogP contribution < -0.4 is 4.74 Å². The molecule has 0 bridgehead atoms. The summed E-state index contributed by atoms with van der Waals surface area (Å²) in [6.45, 7) is 3.03. The maximum absolute atomic E-state index is 16.7. The van der Waals surface area contributed by atoms with E-state index in [1.54, 1.807) is 42.5 Å². The van der Waals surface area contributed by atoms with Crippen LogP contribution in [-0.2, 0) is 14.3 Å². The number of hydrogen-bond donors (Lipinski definition) is 1. The molecule has 1 amide bonds. The van der Waals surface area contributed by atoms with Gasteiger partial charge in [-0.25, -0.2) is 9.18 Å². The van der Waals surface area contributed by atoms with E-state index < -0.39 is 40.8 Å². The highest BCUT2D eigenvalue weighted by Crippen LogP contribution is 2.53. The first-order valence-corrected chi connectivity index (χ1v) is 15.0. The van der Waals surface area contributed by atoms with Gasteiger partial charge < -0.3 is 24.4 Å². The van der Waals surface area contributed by atoms with Crippen molar-refractivity contribution >= 4 is 17.4 Å². The molecular weight excluding hydrogens is 568 g/mol. The zero-order valence-electron chi connectivity index (χ0n) is 24.7. The van der Waals surface area contributed by atoms with Gasteiger partial charge in [0.15, 0.2) is 0 Å². The molecule has 43 heavy (non-hydrogen) atoms. The molecule has 5 rings (SSSR count). The van der Waals surface area contributed by atoms with Gasteiger partial charge in [-0.05, 0) is 69.3 Å². The Labute approximate surface area is 249 Å². The van der Waals surface area contributed by atoms with E-state index >= 15 is 4.39 Å². The number of aliphatic hydroxyl groups is 1. The summed E-state index contributed by atoms with van der Waals surface area (Å²) < 4.78 is 68.2. The van der Waals surface area contributed by atoms with Gasteiger partial charge in [-0.15, -0.1) is 0 Å². The summed E-state index contributed by atoms with van der Waals surface area (Å²) in [7, 11) is 1.19. The van der Waals surface area contributed by atoms with E-state index in [0.717, 1.165) is 17.7 Å². The van der Waals surface area contributed by atoms with E-state index in [0.29, 0.717) is 37.4 Å². The molecule has 2 saturated heterocycles. The Kier molecular flexibility index (Phi) is 8.70. The molecule has 236 valence electrons. The van der Waals surface area contributed by atoms with Gasteiger partial charge in [0, 0.05) is 31.5 Å². The van der Waals surface area contributed by atoms with E-state index in [2.05, 4.69) is 0 Å². The van der Waals surface area contributed by atoms with Crippen molar-refractivity contribution in [2.45, 2.75) is 75.4 Å². The molecular formula is C32H40F4N2O5. The Morgan fingerprint density at radius 3 is 2.37 bits per heavy atom. The van der Waals surface area contributed by atoms with Crippen LogP contribution in [0.3, 0.4) is 0 Å². The second-order valence-corrected chi connectivity index (χ2v) is 12.7. The van der Waals surface area contributed by atoms with Crippen LogP contribution in [0.5, 0.6) is 5.75 Å². The van der Waals surface area contributed by atoms with Gasteiger partial charge in [0.2, 0.25) is 5.67 Å². The van der Waals surface area contributed by atoms with Crippen molar-refractivity contribution < 1.29 is 41.7 Å². The first kappa shape index (κ1) is 31.5. The number of alkyl halides is 4. The summed E-state index contributed by atoms with van der Waals surface area (Å²) >= 11 is 0. The number of aliphatic hydroxyl groups excluding tert-OH is 1. The zero-order valence-corrected chi connectivity index (χ0v) is 24.7. The molecule has 0 aromatic heterocycles. The van der Waals surface area contributed by atoms with E-state index in [1.165, 1.54) is 14.0 Å². The highest BCUT2D eigenvalue weighted by molar-refractivity contribution is 6.03. The van der Waals surface area contributed by atoms with Crippen molar-refractivity contribution in [2.24, 2.45) is 11.3 Å². The lowest BCUT2D eigenvalue weighted by atomic mass is 9.67. The minimum absolute atomic E-state index is 0.0459. The molecule has 3 fully saturated rings. The number of ether oxygens (including phenoxy) is 2. The molecule has 2 aliphatic carbocycles. The van der Waals surface area contributed by atoms with Crippen LogP contribution in [0.25, 0.3) is 5.57 Å². The number of halogens is 4. The number of amides is 1. The molecule has 1 aromatic rings. The van der Waals surface area contributed by atoms with E-state index in [-0.39, 0.29) is 50.3 Å². The predicted octanol–water partition coefficient (Wildman–Crippen LogP) is 5.09. The highest BCUT2D eigenvalue weighted by atomic mass is 19.4. The summed E-state index contributed by atoms with van der Waals surface area (Å²) in [5, 5.41) is 10.3. The Balaban J connectivity index is 1.19. The van der Waals surface area contributed by atoms with Crippen LogP contribution in [0.15, 0.2) is 42.5 Å². The Bertz CT molecular complexity index is 1250. The lowest BCUT2D eigenvalue weighted by Crippen LogP contribution is -2.57. The largest absolute Gasteiger partial charge is 0.493 e. The molecule has 0 spiro atoms. The molecule has 11 heteroatoms. The summed E-state index contributed by atoms with van der Waals surface area (Å²) in [4.78, 5) is 29.2. The summed E-state index contributed by atoms with van der Waals surface area (Å²) in [5.74, 6) is -0.826. The first-order valence-electron chi connectivity index (χ1n) is 15.0. The monoisotopic (exact) mass is 608 g/mol. The lowest BCUT2D eigenvalue weighted by molar-refractivity contribution is -0.256. The summed E-state index contributed by atoms with van der Waals surface area (Å²) in [6, 6.07) is 6.77. The van der Waals surface area contributed by atoms with Gasteiger partial charge in [0.1, 0.15) is 11.3 Å². The number of carbonyl (C=O) groups is 2. The lowest BCUT2D eigenvalue weighted by Gasteiger charge is -2.47. The minimum atomic E-state index is -4.16. The zero-order chi connectivity index (χ0) is 31.0. The van der Waals surface area contributed by atoms with Crippen LogP contribution in [-0.4, -0.2) is 90.2 Å². The second kappa shape index (κ2) is 11.9. The van der Waals surface area contributed by atoms with Crippen molar-refractivity contribution in [2.75, 3.05) is 39.9 Å². The number of β-amino-alcohol motifs (C(OH)–C–C–N with tert-alkyl or cyclic N) is 1. The molecule has 3 unspecified atom stereocenters. The Morgan fingerprint density at radius 2 is 1.79 bits per heavy atom. The Morgan fingerprint density at radius 1 is 1.12 bits per heavy atom. The standard InChI is InChI=1S/C32H40F4N2O5/c1-29(28(41)42-2)18-24(39)19-38(29)27(40)31(33)15-4-3-6-26(31)23-7-9-25(10-8-23)43-20-22-11-16-37(17-12-22)21-30(13-5-14-30)32(34,35)36/h3-4,6-10,22,24,39H,5,11-21H2,1-2H3. The molecule has 1 N–H and O–H groups in total. The number of piperidine rings is 1. The number of carbonyl (C=O) groups excluding carboxylic acids is 2. The van der Waals surface area contributed by atoms with E-state index in [4.69, 9.17) is 9.47 Å². The smallest absolute Gasteiger partial charge is 0.395 e. The molecule has 1 aromatic carbocycles. The maximum atomic E-state index is 16.7. The number of hydrogen-bond acceptors (Lipinski definition) is 6. The predicted molar refractivity (Wildman–Crippen MR) is 152 cm³/mol. The minimum Gasteiger partial charge on any atom is -0.493 e. The number of benzene rings is 1. The second-order valence-electron chi connectivity index (χ2n) is 12.7. The van der Waals surface area contributed by atoms with Crippen molar-refractivity contribution in [3.05, 3.63) is 48.1 Å². The van der Waals surface area contributed by atoms with Gasteiger partial charge in [0.05, 0.1) is 25.2 Å². The van der Waals surface area contributed by atoms with Gasteiger partial charge in [-0.3, -0.25) is 4.79 Å². The van der Waals surface area contributed by atoms with E-state index in [9.17, 15) is 27.9 Å². The number of allylic oxidation sites excluding steroid dienone is 3. The fraction of sp³-hybridized carbons (Fsp3) is 0.625. The number of methoxy groups -OCH3 is 1. The van der Waals surface area contributed by atoms with Crippen molar-refractivity contribution in [3.8, 4) is 5.75 Å². The Hall–Kier alpha value is -2.92. The fourth-order valence-electron chi connectivity index (χ4n) is 6.96. The number of esters is 1. The van der Waals surface area contributed by atoms with Crippen LogP contribution in [0.4, 0.5) is 17.6 Å². The topological polar surface area (TPSA) is 79.3 Å². The number of likely N-dealkylation sites (tertiary alicyclic amines) is 2. The SMILES string of the molecule is COC(=O)C1(C)CC(O)CN1C(=O)C1(F)CC=CC=C1c1ccc(OCC2CCN(CC3(C(F)(F)F)CCC3)CC2)cc1. The average Bonchev–Trinajstić information content (AvgIpc) is 3.28. The van der Waals surface area contributed by atoms with Gasteiger partial charge in [-0.1, -0.05) is 36.8 Å². The molecule has 1 saturated carbocycles. The molecule has 3 atom stereocenters. The van der Waals surface area contributed by atoms with Gasteiger partial charge >= 0.3 is 12.1 Å². The van der Waals surface area contributed by atoms with Crippen LogP contribution in [0, 0.1) is 11.3 Å². The van der Waals surface area contributed by atoms with E-state index in [1.807, 2.05) is 4.90 Å².